The third-order valence-electron chi connectivity index (χ3n) is 3.66. The van der Waals surface area contributed by atoms with Gasteiger partial charge in [0.15, 0.2) is 9.84 Å². The van der Waals surface area contributed by atoms with Crippen LogP contribution in [0.3, 0.4) is 0 Å². The molecule has 1 aliphatic rings. The first-order valence-electron chi connectivity index (χ1n) is 6.29. The number of halogens is 4. The fourth-order valence-corrected chi connectivity index (χ4v) is 4.92. The van der Waals surface area contributed by atoms with Crippen LogP contribution in [-0.2, 0) is 20.8 Å². The molecule has 0 saturated heterocycles. The highest BCUT2D eigenvalue weighted by Gasteiger charge is 2.42. The zero-order valence-electron chi connectivity index (χ0n) is 11.2. The fourth-order valence-electron chi connectivity index (χ4n) is 2.55. The summed E-state index contributed by atoms with van der Waals surface area (Å²) in [5.41, 5.74) is -1.13. The lowest BCUT2D eigenvalue weighted by Gasteiger charge is -2.17. The van der Waals surface area contributed by atoms with Crippen LogP contribution >= 0.6 is 15.9 Å². The van der Waals surface area contributed by atoms with Crippen LogP contribution in [0.5, 0.6) is 0 Å². The van der Waals surface area contributed by atoms with E-state index in [1.54, 1.807) is 0 Å². The van der Waals surface area contributed by atoms with Crippen molar-refractivity contribution < 1.29 is 26.3 Å². The van der Waals surface area contributed by atoms with Gasteiger partial charge in [0.1, 0.15) is 0 Å². The number of hydrogen-bond donors (Lipinski definition) is 0. The van der Waals surface area contributed by atoms with Gasteiger partial charge in [0.2, 0.25) is 0 Å². The van der Waals surface area contributed by atoms with Crippen molar-refractivity contribution in [1.29, 1.82) is 0 Å². The molecule has 1 aromatic carbocycles. The summed E-state index contributed by atoms with van der Waals surface area (Å²) in [6.45, 7) is 0. The second-order valence-electron chi connectivity index (χ2n) is 4.98. The molecule has 1 saturated carbocycles. The highest BCUT2D eigenvalue weighted by atomic mass is 79.9. The van der Waals surface area contributed by atoms with Crippen molar-refractivity contribution in [3.05, 3.63) is 28.2 Å². The van der Waals surface area contributed by atoms with Crippen molar-refractivity contribution >= 4 is 25.8 Å². The van der Waals surface area contributed by atoms with E-state index in [-0.39, 0.29) is 17.0 Å². The third kappa shape index (κ3) is 3.43. The van der Waals surface area contributed by atoms with Crippen LogP contribution in [-0.4, -0.2) is 26.9 Å². The molecule has 0 aliphatic heterocycles. The average Bonchev–Trinajstić information content (AvgIpc) is 2.86. The number of hydrogen-bond acceptors (Lipinski definition) is 3. The first kappa shape index (κ1) is 16.8. The van der Waals surface area contributed by atoms with Crippen molar-refractivity contribution in [2.24, 2.45) is 0 Å². The quantitative estimate of drug-likeness (QED) is 0.793. The van der Waals surface area contributed by atoms with Gasteiger partial charge in [-0.3, -0.25) is 0 Å². The van der Waals surface area contributed by atoms with Gasteiger partial charge in [-0.15, -0.1) is 0 Å². The molecule has 2 rings (SSSR count). The van der Waals surface area contributed by atoms with E-state index in [2.05, 4.69) is 15.9 Å². The second-order valence-corrected chi connectivity index (χ2v) is 8.09. The summed E-state index contributed by atoms with van der Waals surface area (Å²) in [4.78, 5) is -0.653. The Morgan fingerprint density at radius 2 is 1.95 bits per heavy atom. The van der Waals surface area contributed by atoms with E-state index in [0.717, 1.165) is 12.1 Å². The normalized spacial score (nSPS) is 23.5. The zero-order valence-corrected chi connectivity index (χ0v) is 13.6. The van der Waals surface area contributed by atoms with Gasteiger partial charge in [-0.05, 0) is 37.5 Å². The zero-order chi connectivity index (χ0) is 15.8. The van der Waals surface area contributed by atoms with Gasteiger partial charge < -0.3 is 4.74 Å². The molecule has 1 aromatic rings. The summed E-state index contributed by atoms with van der Waals surface area (Å²) in [7, 11) is -2.56. The van der Waals surface area contributed by atoms with Gasteiger partial charge in [0.25, 0.3) is 0 Å². The molecule has 0 heterocycles. The van der Waals surface area contributed by atoms with Gasteiger partial charge in [-0.25, -0.2) is 8.42 Å². The Bertz CT molecular complexity index is 628. The minimum atomic E-state index is -4.72. The molecule has 2 atom stereocenters. The minimum Gasteiger partial charge on any atom is -0.381 e. The Kier molecular flexibility index (Phi) is 4.70. The van der Waals surface area contributed by atoms with Crippen LogP contribution in [0, 0.1) is 0 Å². The second kappa shape index (κ2) is 5.89. The van der Waals surface area contributed by atoms with Crippen molar-refractivity contribution in [3.8, 4) is 0 Å². The molecule has 0 amide bonds. The van der Waals surface area contributed by atoms with Crippen molar-refractivity contribution in [2.45, 2.75) is 41.7 Å². The lowest BCUT2D eigenvalue weighted by Crippen LogP contribution is -2.23. The number of rotatable bonds is 3. The van der Waals surface area contributed by atoms with E-state index in [0.29, 0.717) is 12.8 Å². The highest BCUT2D eigenvalue weighted by Crippen LogP contribution is 2.39. The lowest BCUT2D eigenvalue weighted by molar-refractivity contribution is -0.139. The molecule has 1 fully saturated rings. The predicted octanol–water partition coefficient (Wildman–Crippen LogP) is 3.81. The number of alkyl halides is 3. The Balaban J connectivity index is 2.46. The molecule has 118 valence electrons. The molecule has 0 N–H and O–H groups in total. The van der Waals surface area contributed by atoms with E-state index < -0.39 is 31.7 Å². The smallest absolute Gasteiger partial charge is 0.381 e. The largest absolute Gasteiger partial charge is 0.417 e. The van der Waals surface area contributed by atoms with Crippen molar-refractivity contribution in [3.63, 3.8) is 0 Å². The number of sulfone groups is 1. The van der Waals surface area contributed by atoms with Gasteiger partial charge in [-0.1, -0.05) is 15.9 Å². The number of ether oxygens (including phenoxy) is 1. The standard InChI is InChI=1S/C13H14BrF3O3S/c1-20-9-3-4-10(7-9)21(18,19)12-5-2-8(14)6-11(12)13(15,16)17/h2,5-6,9-10H,3-4,7H2,1H3/t9-,10-/m1/s1. The summed E-state index contributed by atoms with van der Waals surface area (Å²) < 4.78 is 69.5. The summed E-state index contributed by atoms with van der Waals surface area (Å²) in [6.07, 6.45) is -3.85. The Labute approximate surface area is 129 Å². The summed E-state index contributed by atoms with van der Waals surface area (Å²) in [6, 6.07) is 3.13. The number of methoxy groups -OCH3 is 1. The molecule has 8 heteroatoms. The Morgan fingerprint density at radius 3 is 2.48 bits per heavy atom. The average molecular weight is 387 g/mol. The molecule has 0 radical (unpaired) electrons. The SMILES string of the molecule is CO[C@@H]1CC[C@@H](S(=O)(=O)c2ccc(Br)cc2C(F)(F)F)C1. The molecule has 3 nitrogen and oxygen atoms in total. The minimum absolute atomic E-state index is 0.190. The van der Waals surface area contributed by atoms with Gasteiger partial charge in [0.05, 0.1) is 21.8 Å². The summed E-state index contributed by atoms with van der Waals surface area (Å²) >= 11 is 2.94. The molecule has 0 aromatic heterocycles. The van der Waals surface area contributed by atoms with Crippen LogP contribution in [0.2, 0.25) is 0 Å². The monoisotopic (exact) mass is 386 g/mol. The van der Waals surface area contributed by atoms with Crippen molar-refractivity contribution in [1.82, 2.24) is 0 Å². The first-order chi connectivity index (χ1) is 9.66. The maximum absolute atomic E-state index is 13.1. The summed E-state index contributed by atoms with van der Waals surface area (Å²) in [5, 5.41) is -0.829. The molecule has 0 bridgehead atoms. The van der Waals surface area contributed by atoms with E-state index in [4.69, 9.17) is 4.74 Å². The fraction of sp³-hybridized carbons (Fsp3) is 0.538. The topological polar surface area (TPSA) is 43.4 Å². The van der Waals surface area contributed by atoms with Crippen LogP contribution in [0.4, 0.5) is 13.2 Å². The molecule has 21 heavy (non-hydrogen) atoms. The van der Waals surface area contributed by atoms with Crippen LogP contribution in [0.25, 0.3) is 0 Å². The van der Waals surface area contributed by atoms with E-state index in [1.807, 2.05) is 0 Å². The van der Waals surface area contributed by atoms with Gasteiger partial charge in [0, 0.05) is 11.6 Å². The third-order valence-corrected chi connectivity index (χ3v) is 6.43. The molecule has 0 unspecified atom stereocenters. The predicted molar refractivity (Wildman–Crippen MR) is 74.8 cm³/mol. The van der Waals surface area contributed by atoms with Gasteiger partial charge >= 0.3 is 6.18 Å². The van der Waals surface area contributed by atoms with Crippen LogP contribution < -0.4 is 0 Å². The van der Waals surface area contributed by atoms with E-state index in [1.165, 1.54) is 13.2 Å². The molecular formula is C13H14BrF3O3S. The maximum Gasteiger partial charge on any atom is 0.417 e. The molecule has 0 spiro atoms. The van der Waals surface area contributed by atoms with Gasteiger partial charge in [-0.2, -0.15) is 13.2 Å². The van der Waals surface area contributed by atoms with E-state index >= 15 is 0 Å². The van der Waals surface area contributed by atoms with Crippen LogP contribution in [0.15, 0.2) is 27.6 Å². The Morgan fingerprint density at radius 1 is 1.29 bits per heavy atom. The molecule has 1 aliphatic carbocycles. The summed E-state index contributed by atoms with van der Waals surface area (Å²) in [5.74, 6) is 0. The van der Waals surface area contributed by atoms with E-state index in [9.17, 15) is 21.6 Å². The first-order valence-corrected chi connectivity index (χ1v) is 8.63. The maximum atomic E-state index is 13.1. The number of benzene rings is 1. The lowest BCUT2D eigenvalue weighted by atomic mass is 10.2. The van der Waals surface area contributed by atoms with Crippen LogP contribution in [0.1, 0.15) is 24.8 Å². The highest BCUT2D eigenvalue weighted by molar-refractivity contribution is 9.10. The van der Waals surface area contributed by atoms with Crippen molar-refractivity contribution in [2.75, 3.05) is 7.11 Å². The molecular weight excluding hydrogens is 373 g/mol. The Hall–Kier alpha value is -0.600.